The van der Waals surface area contributed by atoms with Gasteiger partial charge in [-0.05, 0) is 37.7 Å². The minimum Gasteiger partial charge on any atom is -0.344 e. The van der Waals surface area contributed by atoms with Crippen molar-refractivity contribution in [3.63, 3.8) is 0 Å². The Bertz CT molecular complexity index is 321. The molecule has 0 aromatic heterocycles. The normalized spacial score (nSPS) is 24.6. The van der Waals surface area contributed by atoms with E-state index in [4.69, 9.17) is 0 Å². The van der Waals surface area contributed by atoms with E-state index in [0.29, 0.717) is 12.3 Å². The maximum Gasteiger partial charge on any atom is 0.245 e. The van der Waals surface area contributed by atoms with Crippen molar-refractivity contribution in [2.75, 3.05) is 18.6 Å². The molecule has 0 spiro atoms. The molecule has 0 aliphatic carbocycles. The van der Waals surface area contributed by atoms with Crippen LogP contribution in [0.5, 0.6) is 0 Å². The molecule has 0 bridgehead atoms. The fourth-order valence-corrected chi connectivity index (χ4v) is 2.87. The summed E-state index contributed by atoms with van der Waals surface area (Å²) in [6, 6.07) is -0.335. The SMILES string of the molecule is CSCCCN1C(=O)C(CC(C)C)NC(=O)CC1C. The Balaban J connectivity index is 2.74. The van der Waals surface area contributed by atoms with Gasteiger partial charge in [-0.3, -0.25) is 9.59 Å². The molecule has 2 amide bonds. The zero-order valence-electron chi connectivity index (χ0n) is 12.4. The van der Waals surface area contributed by atoms with E-state index in [1.807, 2.05) is 11.8 Å². The van der Waals surface area contributed by atoms with Gasteiger partial charge in [-0.25, -0.2) is 0 Å². The average Bonchev–Trinajstić information content (AvgIpc) is 2.40. The summed E-state index contributed by atoms with van der Waals surface area (Å²) in [5.41, 5.74) is 0. The van der Waals surface area contributed by atoms with Gasteiger partial charge in [0, 0.05) is 19.0 Å². The Labute approximate surface area is 120 Å². The van der Waals surface area contributed by atoms with Crippen LogP contribution in [0.15, 0.2) is 0 Å². The molecule has 1 N–H and O–H groups in total. The van der Waals surface area contributed by atoms with Gasteiger partial charge in [0.15, 0.2) is 0 Å². The summed E-state index contributed by atoms with van der Waals surface area (Å²) in [4.78, 5) is 26.2. The number of rotatable bonds is 6. The lowest BCUT2D eigenvalue weighted by molar-refractivity contribution is -0.135. The van der Waals surface area contributed by atoms with Gasteiger partial charge in [0.05, 0.1) is 0 Å². The number of nitrogens with zero attached hydrogens (tertiary/aromatic N) is 1. The summed E-state index contributed by atoms with van der Waals surface area (Å²) in [5, 5.41) is 2.88. The molecular formula is C14H26N2O2S. The first-order valence-electron chi connectivity index (χ1n) is 7.04. The molecule has 0 saturated carbocycles. The van der Waals surface area contributed by atoms with Gasteiger partial charge in [-0.2, -0.15) is 11.8 Å². The van der Waals surface area contributed by atoms with Crippen LogP contribution in [0.2, 0.25) is 0 Å². The van der Waals surface area contributed by atoms with Crippen LogP contribution in [0.4, 0.5) is 0 Å². The average molecular weight is 286 g/mol. The number of nitrogens with one attached hydrogen (secondary N) is 1. The molecule has 1 aliphatic rings. The molecule has 1 rings (SSSR count). The largest absolute Gasteiger partial charge is 0.344 e. The second-order valence-corrected chi connectivity index (χ2v) is 6.67. The van der Waals surface area contributed by atoms with Gasteiger partial charge in [0.25, 0.3) is 0 Å². The highest BCUT2D eigenvalue weighted by atomic mass is 32.2. The molecule has 0 aromatic carbocycles. The maximum atomic E-state index is 12.5. The van der Waals surface area contributed by atoms with E-state index in [-0.39, 0.29) is 23.9 Å². The molecule has 1 fully saturated rings. The molecule has 0 radical (unpaired) electrons. The van der Waals surface area contributed by atoms with Crippen molar-refractivity contribution in [1.29, 1.82) is 0 Å². The van der Waals surface area contributed by atoms with Crippen LogP contribution in [0.3, 0.4) is 0 Å². The van der Waals surface area contributed by atoms with Gasteiger partial charge in [-0.1, -0.05) is 13.8 Å². The van der Waals surface area contributed by atoms with Crippen molar-refractivity contribution < 1.29 is 9.59 Å². The van der Waals surface area contributed by atoms with Crippen LogP contribution in [-0.4, -0.2) is 47.4 Å². The Kier molecular flexibility index (Phi) is 6.69. The number of hydrogen-bond acceptors (Lipinski definition) is 3. The van der Waals surface area contributed by atoms with E-state index in [2.05, 4.69) is 25.4 Å². The lowest BCUT2D eigenvalue weighted by Gasteiger charge is -2.29. The zero-order chi connectivity index (χ0) is 14.4. The van der Waals surface area contributed by atoms with Crippen LogP contribution < -0.4 is 5.32 Å². The Hall–Kier alpha value is -0.710. The summed E-state index contributed by atoms with van der Waals surface area (Å²) in [7, 11) is 0. The van der Waals surface area contributed by atoms with E-state index in [0.717, 1.165) is 25.1 Å². The summed E-state index contributed by atoms with van der Waals surface area (Å²) in [6.45, 7) is 6.87. The van der Waals surface area contributed by atoms with Crippen molar-refractivity contribution in [2.45, 2.75) is 52.1 Å². The molecule has 0 aromatic rings. The van der Waals surface area contributed by atoms with E-state index in [1.54, 1.807) is 11.8 Å². The minimum atomic E-state index is -0.341. The number of hydrogen-bond donors (Lipinski definition) is 1. The summed E-state index contributed by atoms with van der Waals surface area (Å²) in [6.07, 6.45) is 4.19. The monoisotopic (exact) mass is 286 g/mol. The number of thioether (sulfide) groups is 1. The number of carbonyl (C=O) groups is 2. The standard InChI is InChI=1S/C14H26N2O2S/c1-10(2)8-12-14(18)16(6-5-7-19-4)11(3)9-13(17)15-12/h10-12H,5-9H2,1-4H3,(H,15,17). The van der Waals surface area contributed by atoms with Crippen molar-refractivity contribution >= 4 is 23.6 Å². The summed E-state index contributed by atoms with van der Waals surface area (Å²) >= 11 is 1.79. The predicted octanol–water partition coefficient (Wildman–Crippen LogP) is 1.89. The van der Waals surface area contributed by atoms with Crippen molar-refractivity contribution in [2.24, 2.45) is 5.92 Å². The molecule has 1 heterocycles. The second kappa shape index (κ2) is 7.78. The lowest BCUT2D eigenvalue weighted by atomic mass is 10.0. The molecule has 110 valence electrons. The second-order valence-electron chi connectivity index (χ2n) is 5.68. The molecule has 1 saturated heterocycles. The van der Waals surface area contributed by atoms with Crippen LogP contribution in [-0.2, 0) is 9.59 Å². The third kappa shape index (κ3) is 5.05. The van der Waals surface area contributed by atoms with E-state index >= 15 is 0 Å². The fourth-order valence-electron chi connectivity index (χ4n) is 2.45. The van der Waals surface area contributed by atoms with Gasteiger partial charge in [0.2, 0.25) is 11.8 Å². The fraction of sp³-hybridized carbons (Fsp3) is 0.857. The summed E-state index contributed by atoms with van der Waals surface area (Å²) < 4.78 is 0. The number of carbonyl (C=O) groups excluding carboxylic acids is 2. The Morgan fingerprint density at radius 3 is 2.68 bits per heavy atom. The highest BCUT2D eigenvalue weighted by Crippen LogP contribution is 2.16. The third-order valence-electron chi connectivity index (χ3n) is 3.38. The van der Waals surface area contributed by atoms with Crippen molar-refractivity contribution in [3.05, 3.63) is 0 Å². The van der Waals surface area contributed by atoms with E-state index < -0.39 is 0 Å². The zero-order valence-corrected chi connectivity index (χ0v) is 13.3. The third-order valence-corrected chi connectivity index (χ3v) is 4.08. The van der Waals surface area contributed by atoms with E-state index in [9.17, 15) is 9.59 Å². The molecular weight excluding hydrogens is 260 g/mol. The summed E-state index contributed by atoms with van der Waals surface area (Å²) in [5.74, 6) is 1.54. The van der Waals surface area contributed by atoms with Gasteiger partial charge >= 0.3 is 0 Å². The number of amides is 2. The molecule has 2 atom stereocenters. The van der Waals surface area contributed by atoms with Gasteiger partial charge in [-0.15, -0.1) is 0 Å². The first kappa shape index (κ1) is 16.3. The lowest BCUT2D eigenvalue weighted by Crippen LogP contribution is -2.47. The first-order chi connectivity index (χ1) is 8.95. The van der Waals surface area contributed by atoms with Gasteiger partial charge in [0.1, 0.15) is 6.04 Å². The van der Waals surface area contributed by atoms with Crippen LogP contribution >= 0.6 is 11.8 Å². The highest BCUT2D eigenvalue weighted by Gasteiger charge is 2.33. The van der Waals surface area contributed by atoms with Crippen LogP contribution in [0.25, 0.3) is 0 Å². The first-order valence-corrected chi connectivity index (χ1v) is 8.43. The molecule has 1 aliphatic heterocycles. The maximum absolute atomic E-state index is 12.5. The molecule has 19 heavy (non-hydrogen) atoms. The van der Waals surface area contributed by atoms with Crippen LogP contribution in [0, 0.1) is 5.92 Å². The topological polar surface area (TPSA) is 49.4 Å². The highest BCUT2D eigenvalue weighted by molar-refractivity contribution is 7.98. The van der Waals surface area contributed by atoms with Crippen molar-refractivity contribution in [3.8, 4) is 0 Å². The van der Waals surface area contributed by atoms with E-state index in [1.165, 1.54) is 0 Å². The smallest absolute Gasteiger partial charge is 0.245 e. The Morgan fingerprint density at radius 2 is 2.11 bits per heavy atom. The minimum absolute atomic E-state index is 0.00105. The Morgan fingerprint density at radius 1 is 1.42 bits per heavy atom. The van der Waals surface area contributed by atoms with Gasteiger partial charge < -0.3 is 10.2 Å². The molecule has 4 nitrogen and oxygen atoms in total. The quantitative estimate of drug-likeness (QED) is 0.759. The predicted molar refractivity (Wildman–Crippen MR) is 80.2 cm³/mol. The van der Waals surface area contributed by atoms with Crippen molar-refractivity contribution in [1.82, 2.24) is 10.2 Å². The molecule has 2 unspecified atom stereocenters. The molecule has 5 heteroatoms. The van der Waals surface area contributed by atoms with Crippen LogP contribution in [0.1, 0.15) is 40.0 Å².